The van der Waals surface area contributed by atoms with Crippen molar-refractivity contribution in [1.82, 2.24) is 0 Å². The molecule has 33 heavy (non-hydrogen) atoms. The van der Waals surface area contributed by atoms with Gasteiger partial charge in [-0.25, -0.2) is 0 Å². The summed E-state index contributed by atoms with van der Waals surface area (Å²) >= 11 is 0. The van der Waals surface area contributed by atoms with E-state index >= 15 is 0 Å². The highest BCUT2D eigenvalue weighted by atomic mass is 16.5. The third-order valence-corrected chi connectivity index (χ3v) is 9.78. The quantitative estimate of drug-likeness (QED) is 0.503. The lowest BCUT2D eigenvalue weighted by Crippen LogP contribution is -2.61. The maximum absolute atomic E-state index is 10.8. The van der Waals surface area contributed by atoms with Gasteiger partial charge in [0, 0.05) is 0 Å². The first-order chi connectivity index (χ1) is 15.5. The zero-order valence-corrected chi connectivity index (χ0v) is 21.3. The lowest BCUT2D eigenvalue weighted by atomic mass is 9.60. The second-order valence-electron chi connectivity index (χ2n) is 12.6. The van der Waals surface area contributed by atoms with E-state index in [1.54, 1.807) is 5.57 Å². The Bertz CT molecular complexity index is 799. The molecule has 4 rings (SSSR count). The molecule has 0 aromatic carbocycles. The number of allylic oxidation sites excluding steroid dienone is 3. The third-order valence-electron chi connectivity index (χ3n) is 9.78. The summed E-state index contributed by atoms with van der Waals surface area (Å²) in [5.41, 5.74) is 2.53. The molecule has 4 aliphatic rings. The smallest absolute Gasteiger partial charge is 0.0912 e. The fourth-order valence-corrected chi connectivity index (χ4v) is 7.59. The highest BCUT2D eigenvalue weighted by molar-refractivity contribution is 5.41. The number of hydrogen-bond donors (Lipinski definition) is 3. The Hall–Kier alpha value is -0.940. The van der Waals surface area contributed by atoms with Crippen LogP contribution in [0.15, 0.2) is 35.5 Å². The summed E-state index contributed by atoms with van der Waals surface area (Å²) in [4.78, 5) is 0. The molecule has 3 saturated carbocycles. The van der Waals surface area contributed by atoms with Crippen LogP contribution in [0.1, 0.15) is 85.5 Å². The molecule has 0 amide bonds. The highest BCUT2D eigenvalue weighted by Gasteiger charge is 2.55. The molecule has 0 aromatic heterocycles. The molecular weight excluding hydrogens is 412 g/mol. The summed E-state index contributed by atoms with van der Waals surface area (Å²) in [6.45, 7) is 13.8. The summed E-state index contributed by atoms with van der Waals surface area (Å²) in [5.74, 6) is 2.06. The van der Waals surface area contributed by atoms with Crippen molar-refractivity contribution in [3.05, 3.63) is 35.5 Å². The molecule has 0 radical (unpaired) electrons. The predicted molar refractivity (Wildman–Crippen MR) is 133 cm³/mol. The third kappa shape index (κ3) is 4.66. The van der Waals surface area contributed by atoms with Gasteiger partial charge in [-0.1, -0.05) is 51.0 Å². The zero-order valence-electron chi connectivity index (χ0n) is 21.3. The first-order valence-corrected chi connectivity index (χ1v) is 13.2. The van der Waals surface area contributed by atoms with Crippen molar-refractivity contribution in [2.24, 2.45) is 28.6 Å². The molecular formula is C29H46O4. The number of ether oxygens (including phenoxy) is 1. The molecule has 4 fully saturated rings. The van der Waals surface area contributed by atoms with E-state index in [-0.39, 0.29) is 0 Å². The number of rotatable bonds is 6. The van der Waals surface area contributed by atoms with Gasteiger partial charge in [0.25, 0.3) is 0 Å². The van der Waals surface area contributed by atoms with Crippen LogP contribution in [0.5, 0.6) is 0 Å². The molecule has 0 unspecified atom stereocenters. The van der Waals surface area contributed by atoms with Gasteiger partial charge in [0.2, 0.25) is 0 Å². The standard InChI is InChI=1S/C29H46O4/c1-19(8-6-14-27(3,4)32)23-12-13-24-21(9-7-15-28(23,24)5)10-11-22-16-25(30)29(17-33-18-29)26(31)20(22)2/h10-11,19,23-26,30-32H,2,6-9,12-18H2,1,3-5H3/b21-10+,22-11-/t19-,23-,24+,25-,26+,28-/m1/s1. The van der Waals surface area contributed by atoms with Gasteiger partial charge >= 0.3 is 0 Å². The van der Waals surface area contributed by atoms with E-state index in [4.69, 9.17) is 4.74 Å². The number of fused-ring (bicyclic) bond motifs is 1. The van der Waals surface area contributed by atoms with Crippen molar-refractivity contribution in [3.63, 3.8) is 0 Å². The maximum Gasteiger partial charge on any atom is 0.0912 e. The van der Waals surface area contributed by atoms with Crippen molar-refractivity contribution in [3.8, 4) is 0 Å². The van der Waals surface area contributed by atoms with Gasteiger partial charge in [0.1, 0.15) is 0 Å². The van der Waals surface area contributed by atoms with Crippen LogP contribution in [-0.4, -0.2) is 46.3 Å². The molecule has 0 aromatic rings. The molecule has 1 spiro atoms. The van der Waals surface area contributed by atoms with Crippen LogP contribution in [0.3, 0.4) is 0 Å². The Kier molecular flexibility index (Phi) is 7.06. The van der Waals surface area contributed by atoms with Gasteiger partial charge in [-0.2, -0.15) is 0 Å². The Morgan fingerprint density at radius 3 is 2.58 bits per heavy atom. The van der Waals surface area contributed by atoms with Crippen LogP contribution in [0.25, 0.3) is 0 Å². The topological polar surface area (TPSA) is 69.9 Å². The molecule has 3 aliphatic carbocycles. The molecule has 186 valence electrons. The zero-order chi connectivity index (χ0) is 24.0. The summed E-state index contributed by atoms with van der Waals surface area (Å²) in [5, 5.41) is 31.6. The molecule has 1 heterocycles. The predicted octanol–water partition coefficient (Wildman–Crippen LogP) is 5.33. The lowest BCUT2D eigenvalue weighted by Gasteiger charge is -2.52. The summed E-state index contributed by atoms with van der Waals surface area (Å²) in [6, 6.07) is 0. The Morgan fingerprint density at radius 2 is 1.94 bits per heavy atom. The average Bonchev–Trinajstić information content (AvgIpc) is 3.05. The molecule has 1 aliphatic heterocycles. The second-order valence-corrected chi connectivity index (χ2v) is 12.6. The Balaban J connectivity index is 1.45. The van der Waals surface area contributed by atoms with E-state index in [9.17, 15) is 15.3 Å². The minimum absolute atomic E-state index is 0.354. The van der Waals surface area contributed by atoms with Crippen molar-refractivity contribution in [2.75, 3.05) is 13.2 Å². The van der Waals surface area contributed by atoms with Crippen molar-refractivity contribution in [1.29, 1.82) is 0 Å². The van der Waals surface area contributed by atoms with Crippen LogP contribution in [0.2, 0.25) is 0 Å². The van der Waals surface area contributed by atoms with Gasteiger partial charge in [-0.15, -0.1) is 0 Å². The summed E-state index contributed by atoms with van der Waals surface area (Å²) in [7, 11) is 0. The van der Waals surface area contributed by atoms with Crippen molar-refractivity contribution >= 4 is 0 Å². The Labute approximate surface area is 200 Å². The van der Waals surface area contributed by atoms with Crippen LogP contribution < -0.4 is 0 Å². The molecule has 0 bridgehead atoms. The fraction of sp³-hybridized carbons (Fsp3) is 0.793. The molecule has 3 N–H and O–H groups in total. The lowest BCUT2D eigenvalue weighted by molar-refractivity contribution is -0.216. The van der Waals surface area contributed by atoms with Crippen LogP contribution in [-0.2, 0) is 4.74 Å². The minimum atomic E-state index is -0.725. The van der Waals surface area contributed by atoms with Crippen LogP contribution in [0.4, 0.5) is 0 Å². The normalized spacial score (nSPS) is 39.7. The number of aliphatic hydroxyl groups is 3. The average molecular weight is 459 g/mol. The van der Waals surface area contributed by atoms with Gasteiger partial charge in [-0.3, -0.25) is 0 Å². The van der Waals surface area contributed by atoms with E-state index in [1.807, 2.05) is 13.8 Å². The van der Waals surface area contributed by atoms with E-state index in [1.165, 1.54) is 32.1 Å². The molecule has 4 nitrogen and oxygen atoms in total. The van der Waals surface area contributed by atoms with Crippen molar-refractivity contribution < 1.29 is 20.1 Å². The van der Waals surface area contributed by atoms with E-state index in [0.717, 1.165) is 36.3 Å². The monoisotopic (exact) mass is 458 g/mol. The first kappa shape index (κ1) is 25.2. The van der Waals surface area contributed by atoms with E-state index in [2.05, 4.69) is 32.6 Å². The summed E-state index contributed by atoms with van der Waals surface area (Å²) in [6.07, 6.45) is 13.1. The molecule has 6 atom stereocenters. The molecule has 4 heteroatoms. The van der Waals surface area contributed by atoms with E-state index < -0.39 is 23.2 Å². The van der Waals surface area contributed by atoms with Gasteiger partial charge in [0.15, 0.2) is 0 Å². The van der Waals surface area contributed by atoms with Crippen molar-refractivity contribution in [2.45, 2.75) is 103 Å². The second kappa shape index (κ2) is 9.26. The highest BCUT2D eigenvalue weighted by Crippen LogP contribution is 2.60. The number of hydrogen-bond acceptors (Lipinski definition) is 4. The van der Waals surface area contributed by atoms with Crippen LogP contribution >= 0.6 is 0 Å². The van der Waals surface area contributed by atoms with Gasteiger partial charge < -0.3 is 20.1 Å². The Morgan fingerprint density at radius 1 is 1.21 bits per heavy atom. The summed E-state index contributed by atoms with van der Waals surface area (Å²) < 4.78 is 5.32. The molecule has 1 saturated heterocycles. The van der Waals surface area contributed by atoms with Crippen LogP contribution in [0, 0.1) is 28.6 Å². The van der Waals surface area contributed by atoms with Gasteiger partial charge in [-0.05, 0) is 93.1 Å². The first-order valence-electron chi connectivity index (χ1n) is 13.2. The van der Waals surface area contributed by atoms with E-state index in [0.29, 0.717) is 36.9 Å². The fourth-order valence-electron chi connectivity index (χ4n) is 7.59. The minimum Gasteiger partial charge on any atom is -0.392 e. The maximum atomic E-state index is 10.8. The largest absolute Gasteiger partial charge is 0.392 e. The number of aliphatic hydroxyl groups excluding tert-OH is 2. The van der Waals surface area contributed by atoms with Gasteiger partial charge in [0.05, 0.1) is 36.4 Å². The SMILES string of the molecule is C=C1/C(=C\C=C2/CCC[C@]3(C)[C@@H]([C@H](C)CCCC(C)(C)O)CC[C@@H]23)C[C@@H](O)C2(COC2)[C@H]1O.